The van der Waals surface area contributed by atoms with Crippen LogP contribution in [0, 0.1) is 0 Å². The van der Waals surface area contributed by atoms with E-state index in [-0.39, 0.29) is 11.6 Å². The summed E-state index contributed by atoms with van der Waals surface area (Å²) in [4.78, 5) is 4.59. The molecule has 3 N–H and O–H groups in total. The van der Waals surface area contributed by atoms with Crippen molar-refractivity contribution in [2.45, 2.75) is 31.4 Å². The molecule has 20 heavy (non-hydrogen) atoms. The van der Waals surface area contributed by atoms with Gasteiger partial charge in [-0.05, 0) is 23.6 Å². The van der Waals surface area contributed by atoms with Gasteiger partial charge in [-0.2, -0.15) is 5.10 Å². The highest BCUT2D eigenvalue weighted by atomic mass is 16.5. The number of nitrogens with two attached hydrogens (primary N) is 1. The number of ether oxygens (including phenoxy) is 1. The molecule has 5 heteroatoms. The fourth-order valence-corrected chi connectivity index (χ4v) is 3.37. The molecular weight excluding hydrogens is 252 g/mol. The number of nitrogens with zero attached hydrogens (tertiary/aromatic N) is 2. The SMILES string of the molecule is C[C@H]1OC(N)=N[C@@]12Cc1cccc(-c3cn[nH]c3)c1C2. The predicted octanol–water partition coefficient (Wildman–Crippen LogP) is 1.65. The number of H-pyrrole nitrogens is 1. The zero-order chi connectivity index (χ0) is 13.7. The van der Waals surface area contributed by atoms with Crippen LogP contribution in [0.15, 0.2) is 35.6 Å². The van der Waals surface area contributed by atoms with Gasteiger partial charge in [0.15, 0.2) is 0 Å². The van der Waals surface area contributed by atoms with E-state index in [1.807, 2.05) is 19.3 Å². The first kappa shape index (κ1) is 11.5. The molecule has 0 fully saturated rings. The van der Waals surface area contributed by atoms with Crippen LogP contribution in [-0.2, 0) is 17.6 Å². The third-order valence-electron chi connectivity index (χ3n) is 4.45. The van der Waals surface area contributed by atoms with Crippen LogP contribution in [-0.4, -0.2) is 27.9 Å². The summed E-state index contributed by atoms with van der Waals surface area (Å²) in [6.07, 6.45) is 5.55. The molecule has 1 aliphatic heterocycles. The Morgan fingerprint density at radius 2 is 2.30 bits per heavy atom. The third-order valence-corrected chi connectivity index (χ3v) is 4.45. The van der Waals surface area contributed by atoms with Crippen LogP contribution in [0.2, 0.25) is 0 Å². The molecule has 0 radical (unpaired) electrons. The van der Waals surface area contributed by atoms with Crippen LogP contribution in [0.4, 0.5) is 0 Å². The number of nitrogens with one attached hydrogen (secondary N) is 1. The van der Waals surface area contributed by atoms with Gasteiger partial charge in [-0.15, -0.1) is 0 Å². The molecule has 0 saturated heterocycles. The summed E-state index contributed by atoms with van der Waals surface area (Å²) in [5.41, 5.74) is 10.5. The first-order valence-electron chi connectivity index (χ1n) is 6.80. The van der Waals surface area contributed by atoms with E-state index in [1.165, 1.54) is 16.7 Å². The molecule has 1 aromatic carbocycles. The number of aromatic nitrogens is 2. The van der Waals surface area contributed by atoms with Gasteiger partial charge < -0.3 is 10.5 Å². The molecule has 0 bridgehead atoms. The monoisotopic (exact) mass is 268 g/mol. The van der Waals surface area contributed by atoms with Crippen molar-refractivity contribution in [2.24, 2.45) is 10.7 Å². The second-order valence-electron chi connectivity index (χ2n) is 5.60. The number of fused-ring (bicyclic) bond motifs is 1. The molecule has 1 aromatic heterocycles. The average Bonchev–Trinajstić information content (AvgIpc) is 3.09. The van der Waals surface area contributed by atoms with E-state index < -0.39 is 0 Å². The van der Waals surface area contributed by atoms with Crippen LogP contribution in [0.25, 0.3) is 11.1 Å². The lowest BCUT2D eigenvalue weighted by atomic mass is 9.90. The quantitative estimate of drug-likeness (QED) is 0.825. The topological polar surface area (TPSA) is 76.3 Å². The highest BCUT2D eigenvalue weighted by molar-refractivity contribution is 5.76. The van der Waals surface area contributed by atoms with Crippen LogP contribution < -0.4 is 5.73 Å². The van der Waals surface area contributed by atoms with Crippen LogP contribution in [0.3, 0.4) is 0 Å². The fraction of sp³-hybridized carbons (Fsp3) is 0.333. The summed E-state index contributed by atoms with van der Waals surface area (Å²) >= 11 is 0. The Hall–Kier alpha value is -2.30. The van der Waals surface area contributed by atoms with E-state index in [0.29, 0.717) is 6.02 Å². The minimum absolute atomic E-state index is 0.0205. The Morgan fingerprint density at radius 1 is 1.40 bits per heavy atom. The number of amidine groups is 1. The summed E-state index contributed by atoms with van der Waals surface area (Å²) in [7, 11) is 0. The molecule has 1 aliphatic carbocycles. The van der Waals surface area contributed by atoms with Crippen LogP contribution in [0.1, 0.15) is 18.1 Å². The maximum Gasteiger partial charge on any atom is 0.282 e. The Labute approximate surface area is 116 Å². The van der Waals surface area contributed by atoms with Crippen molar-refractivity contribution in [2.75, 3.05) is 0 Å². The number of rotatable bonds is 1. The Bertz CT molecular complexity index is 692. The van der Waals surface area contributed by atoms with Gasteiger partial charge in [0, 0.05) is 24.6 Å². The van der Waals surface area contributed by atoms with Crippen LogP contribution >= 0.6 is 0 Å². The van der Waals surface area contributed by atoms with E-state index in [0.717, 1.165) is 18.4 Å². The number of hydrogen-bond acceptors (Lipinski definition) is 4. The number of benzene rings is 1. The molecule has 4 rings (SSSR count). The fourth-order valence-electron chi connectivity index (χ4n) is 3.37. The van der Waals surface area contributed by atoms with Gasteiger partial charge in [0.05, 0.1) is 6.20 Å². The van der Waals surface area contributed by atoms with Gasteiger partial charge in [-0.3, -0.25) is 5.10 Å². The maximum absolute atomic E-state index is 5.76. The standard InChI is InChI=1S/C15H16N4O/c1-9-15(19-14(16)20-9)5-10-3-2-4-12(13(10)6-15)11-7-17-18-8-11/h2-4,7-9H,5-6H2,1H3,(H2,16,19)(H,17,18)/t9-,15-/m1/s1. The third kappa shape index (κ3) is 1.49. The number of aliphatic imine (C=N–C) groups is 1. The maximum atomic E-state index is 5.76. The lowest BCUT2D eigenvalue weighted by Gasteiger charge is -2.23. The summed E-state index contributed by atoms with van der Waals surface area (Å²) in [6, 6.07) is 6.71. The largest absolute Gasteiger partial charge is 0.460 e. The first-order chi connectivity index (χ1) is 9.68. The minimum Gasteiger partial charge on any atom is -0.460 e. The van der Waals surface area contributed by atoms with Crippen LogP contribution in [0.5, 0.6) is 0 Å². The second-order valence-corrected chi connectivity index (χ2v) is 5.60. The Kier molecular flexibility index (Phi) is 2.22. The summed E-state index contributed by atoms with van der Waals surface area (Å²) in [5, 5.41) is 6.92. The smallest absolute Gasteiger partial charge is 0.282 e. The highest BCUT2D eigenvalue weighted by Gasteiger charge is 2.48. The van der Waals surface area contributed by atoms with Crippen molar-refractivity contribution in [1.82, 2.24) is 10.2 Å². The van der Waals surface area contributed by atoms with Crippen molar-refractivity contribution < 1.29 is 4.74 Å². The highest BCUT2D eigenvalue weighted by Crippen LogP contribution is 2.42. The molecule has 2 heterocycles. The first-order valence-corrected chi connectivity index (χ1v) is 6.80. The molecule has 0 unspecified atom stereocenters. The van der Waals surface area contributed by atoms with Crippen molar-refractivity contribution >= 4 is 6.02 Å². The number of hydrogen-bond donors (Lipinski definition) is 2. The second kappa shape index (κ2) is 3.85. The molecule has 1 spiro atoms. The molecule has 2 aromatic rings. The lowest BCUT2D eigenvalue weighted by Crippen LogP contribution is -2.36. The van der Waals surface area contributed by atoms with Gasteiger partial charge in [0.1, 0.15) is 11.6 Å². The normalized spacial score (nSPS) is 27.4. The van der Waals surface area contributed by atoms with E-state index in [2.05, 4.69) is 33.4 Å². The van der Waals surface area contributed by atoms with E-state index in [4.69, 9.17) is 10.5 Å². The van der Waals surface area contributed by atoms with E-state index >= 15 is 0 Å². The minimum atomic E-state index is -0.230. The number of aromatic amines is 1. The molecule has 2 aliphatic rings. The lowest BCUT2D eigenvalue weighted by molar-refractivity contribution is 0.157. The summed E-state index contributed by atoms with van der Waals surface area (Å²) < 4.78 is 5.57. The Morgan fingerprint density at radius 3 is 3.00 bits per heavy atom. The average molecular weight is 268 g/mol. The van der Waals surface area contributed by atoms with Gasteiger partial charge in [0.2, 0.25) is 0 Å². The zero-order valence-corrected chi connectivity index (χ0v) is 11.3. The predicted molar refractivity (Wildman–Crippen MR) is 76.3 cm³/mol. The van der Waals surface area contributed by atoms with Gasteiger partial charge >= 0.3 is 0 Å². The molecule has 0 saturated carbocycles. The molecule has 102 valence electrons. The van der Waals surface area contributed by atoms with Gasteiger partial charge in [-0.25, -0.2) is 4.99 Å². The molecule has 5 nitrogen and oxygen atoms in total. The van der Waals surface area contributed by atoms with Gasteiger partial charge in [-0.1, -0.05) is 18.2 Å². The van der Waals surface area contributed by atoms with Crippen molar-refractivity contribution in [3.05, 3.63) is 41.7 Å². The van der Waals surface area contributed by atoms with E-state index in [1.54, 1.807) is 0 Å². The van der Waals surface area contributed by atoms with Gasteiger partial charge in [0.25, 0.3) is 6.02 Å². The summed E-state index contributed by atoms with van der Waals surface area (Å²) in [6.45, 7) is 2.05. The zero-order valence-electron chi connectivity index (χ0n) is 11.3. The summed E-state index contributed by atoms with van der Waals surface area (Å²) in [5.74, 6) is 0. The van der Waals surface area contributed by atoms with Crippen molar-refractivity contribution in [1.29, 1.82) is 0 Å². The molecule has 2 atom stereocenters. The van der Waals surface area contributed by atoms with Crippen molar-refractivity contribution in [3.63, 3.8) is 0 Å². The van der Waals surface area contributed by atoms with Crippen molar-refractivity contribution in [3.8, 4) is 11.1 Å². The Balaban J connectivity index is 1.81. The molecule has 0 amide bonds. The van der Waals surface area contributed by atoms with E-state index in [9.17, 15) is 0 Å². The molecular formula is C15H16N4O.